The van der Waals surface area contributed by atoms with Crippen molar-refractivity contribution in [1.82, 2.24) is 5.32 Å². The van der Waals surface area contributed by atoms with Crippen LogP contribution in [-0.4, -0.2) is 46.9 Å². The molecule has 0 aromatic heterocycles. The maximum atomic E-state index is 13.2. The van der Waals surface area contributed by atoms with Gasteiger partial charge in [-0.1, -0.05) is 220 Å². The number of unbranched alkanes of at least 4 members (excludes halogenated alkanes) is 16. The first-order valence-corrected chi connectivity index (χ1v) is 25.6. The molecule has 6 heteroatoms. The van der Waals surface area contributed by atoms with Gasteiger partial charge < -0.3 is 20.3 Å². The molecule has 0 saturated carbocycles. The van der Waals surface area contributed by atoms with E-state index in [0.29, 0.717) is 19.3 Å². The van der Waals surface area contributed by atoms with Gasteiger partial charge in [-0.2, -0.15) is 0 Å². The fourth-order valence-corrected chi connectivity index (χ4v) is 7.03. The van der Waals surface area contributed by atoms with Crippen molar-refractivity contribution in [2.45, 2.75) is 232 Å². The smallest absolute Gasteiger partial charge is 0.306 e. The van der Waals surface area contributed by atoms with Crippen LogP contribution < -0.4 is 5.32 Å². The summed E-state index contributed by atoms with van der Waals surface area (Å²) in [6, 6.07) is -0.754. The summed E-state index contributed by atoms with van der Waals surface area (Å²) in [5.74, 6) is -0.665. The lowest BCUT2D eigenvalue weighted by Gasteiger charge is -2.23. The molecule has 1 amide bonds. The number of aliphatic hydroxyl groups is 2. The first kappa shape index (κ1) is 59.5. The maximum Gasteiger partial charge on any atom is 0.306 e. The molecule has 0 fully saturated rings. The van der Waals surface area contributed by atoms with Gasteiger partial charge in [0.1, 0.15) is 6.10 Å². The van der Waals surface area contributed by atoms with Crippen LogP contribution in [0.3, 0.4) is 0 Å². The van der Waals surface area contributed by atoms with Gasteiger partial charge in [0.05, 0.1) is 25.2 Å². The Morgan fingerprint density at radius 1 is 0.492 bits per heavy atom. The average Bonchev–Trinajstić information content (AvgIpc) is 3.28. The fourth-order valence-electron chi connectivity index (χ4n) is 7.03. The number of hydrogen-bond acceptors (Lipinski definition) is 5. The molecule has 358 valence electrons. The number of amides is 1. The van der Waals surface area contributed by atoms with Gasteiger partial charge in [-0.3, -0.25) is 9.59 Å². The van der Waals surface area contributed by atoms with Crippen LogP contribution in [0.25, 0.3) is 0 Å². The lowest BCUT2D eigenvalue weighted by Crippen LogP contribution is -2.46. The zero-order chi connectivity index (χ0) is 45.9. The first-order chi connectivity index (χ1) is 31.0. The van der Waals surface area contributed by atoms with Crippen LogP contribution in [0.15, 0.2) is 109 Å². The van der Waals surface area contributed by atoms with Crippen molar-refractivity contribution in [3.63, 3.8) is 0 Å². The third-order valence-corrected chi connectivity index (χ3v) is 10.8. The Morgan fingerprint density at radius 2 is 0.889 bits per heavy atom. The second-order valence-corrected chi connectivity index (χ2v) is 16.8. The molecule has 0 aliphatic heterocycles. The van der Waals surface area contributed by atoms with Crippen molar-refractivity contribution < 1.29 is 24.5 Å². The molecule has 3 N–H and O–H groups in total. The van der Waals surface area contributed by atoms with Crippen LogP contribution in [0, 0.1) is 0 Å². The number of allylic oxidation sites excluding steroid dienone is 17. The van der Waals surface area contributed by atoms with Crippen molar-refractivity contribution in [2.75, 3.05) is 6.61 Å². The summed E-state index contributed by atoms with van der Waals surface area (Å²) < 4.78 is 5.81. The molecule has 3 unspecified atom stereocenters. The Morgan fingerprint density at radius 3 is 1.35 bits per heavy atom. The van der Waals surface area contributed by atoms with Crippen LogP contribution in [0.5, 0.6) is 0 Å². The summed E-state index contributed by atoms with van der Waals surface area (Å²) >= 11 is 0. The highest BCUT2D eigenvalue weighted by Gasteiger charge is 2.23. The SMILES string of the molecule is CC/C=C\C/C=C\C/C=C\C/C=C\C/C=C\C/C=C\C(CC(=O)NC(CO)C(O)CCCCCCCCCCCCCCC)OC(=O)CCCCCC/C=C/C/C=C/C/C=C/CC. The molecule has 0 rings (SSSR count). The van der Waals surface area contributed by atoms with Crippen LogP contribution in [0.1, 0.15) is 213 Å². The number of aliphatic hydroxyl groups excluding tert-OH is 2. The van der Waals surface area contributed by atoms with E-state index in [2.05, 4.69) is 123 Å². The number of carbonyl (C=O) groups excluding carboxylic acids is 2. The van der Waals surface area contributed by atoms with Gasteiger partial charge in [-0.25, -0.2) is 0 Å². The zero-order valence-electron chi connectivity index (χ0n) is 40.7. The highest BCUT2D eigenvalue weighted by Crippen LogP contribution is 2.15. The van der Waals surface area contributed by atoms with Gasteiger partial charge in [0, 0.05) is 6.42 Å². The van der Waals surface area contributed by atoms with Crippen molar-refractivity contribution in [3.8, 4) is 0 Å². The number of hydrogen-bond donors (Lipinski definition) is 3. The average molecular weight is 874 g/mol. The second kappa shape index (κ2) is 49.5. The molecule has 3 atom stereocenters. The summed E-state index contributed by atoms with van der Waals surface area (Å²) in [6.45, 7) is 6.20. The minimum atomic E-state index is -0.830. The van der Waals surface area contributed by atoms with Gasteiger partial charge in [-0.05, 0) is 89.5 Å². The third-order valence-electron chi connectivity index (χ3n) is 10.8. The zero-order valence-corrected chi connectivity index (χ0v) is 40.7. The normalized spacial score (nSPS) is 14.2. The molecule has 0 spiro atoms. The van der Waals surface area contributed by atoms with Crippen molar-refractivity contribution >= 4 is 11.9 Å². The Bertz CT molecular complexity index is 1300. The van der Waals surface area contributed by atoms with E-state index in [1.54, 1.807) is 6.08 Å². The first-order valence-electron chi connectivity index (χ1n) is 25.6. The standard InChI is InChI=1S/C57H95NO5/c1-4-7-10-13-16-19-22-25-27-28-29-31-33-36-39-42-45-48-53(63-57(62)50-47-44-41-38-35-32-26-23-20-17-14-11-8-5-2)51-56(61)58-54(52-59)55(60)49-46-43-40-37-34-30-24-21-18-15-12-9-6-3/h7-8,10-11,16-17,19-20,25-27,29,31-32,36,39,45,48,53-55,59-60H,4-6,9,12-15,18,21-24,28,30,33-35,37-38,40-44,46-47,49-52H2,1-3H3,(H,58,61)/b10-7-,11-8+,19-16-,20-17+,27-25-,31-29-,32-26+,39-36-,48-45-. The van der Waals surface area contributed by atoms with E-state index in [0.717, 1.165) is 103 Å². The lowest BCUT2D eigenvalue weighted by molar-refractivity contribution is -0.148. The van der Waals surface area contributed by atoms with E-state index in [-0.39, 0.29) is 24.9 Å². The molecular formula is C57H95NO5. The number of esters is 1. The highest BCUT2D eigenvalue weighted by molar-refractivity contribution is 5.78. The molecule has 6 nitrogen and oxygen atoms in total. The van der Waals surface area contributed by atoms with Crippen molar-refractivity contribution in [1.29, 1.82) is 0 Å². The third kappa shape index (κ3) is 44.9. The quantitative estimate of drug-likeness (QED) is 0.0322. The van der Waals surface area contributed by atoms with Crippen LogP contribution >= 0.6 is 0 Å². The van der Waals surface area contributed by atoms with E-state index >= 15 is 0 Å². The number of carbonyl (C=O) groups is 2. The molecule has 0 aliphatic rings. The fraction of sp³-hybridized carbons (Fsp3) is 0.649. The maximum absolute atomic E-state index is 13.2. The van der Waals surface area contributed by atoms with E-state index in [9.17, 15) is 19.8 Å². The number of rotatable bonds is 44. The highest BCUT2D eigenvalue weighted by atomic mass is 16.5. The van der Waals surface area contributed by atoms with Gasteiger partial charge in [0.2, 0.25) is 5.91 Å². The van der Waals surface area contributed by atoms with Crippen LogP contribution in [-0.2, 0) is 14.3 Å². The molecule has 63 heavy (non-hydrogen) atoms. The summed E-state index contributed by atoms with van der Waals surface area (Å²) in [5.41, 5.74) is 0. The molecule has 0 radical (unpaired) electrons. The van der Waals surface area contributed by atoms with E-state index in [1.807, 2.05) is 6.08 Å². The Balaban J connectivity index is 4.83. The molecule has 0 bridgehead atoms. The second-order valence-electron chi connectivity index (χ2n) is 16.8. The summed E-state index contributed by atoms with van der Waals surface area (Å²) in [5, 5.41) is 23.7. The number of nitrogens with one attached hydrogen (secondary N) is 1. The van der Waals surface area contributed by atoms with Gasteiger partial charge in [0.25, 0.3) is 0 Å². The minimum absolute atomic E-state index is 0.0627. The monoisotopic (exact) mass is 874 g/mol. The predicted octanol–water partition coefficient (Wildman–Crippen LogP) is 15.5. The topological polar surface area (TPSA) is 95.9 Å². The summed E-state index contributed by atoms with van der Waals surface area (Å²) in [6.07, 6.45) is 67.5. The van der Waals surface area contributed by atoms with Crippen LogP contribution in [0.4, 0.5) is 0 Å². The molecule has 0 aliphatic carbocycles. The molecule has 0 aromatic carbocycles. The molecule has 0 heterocycles. The van der Waals surface area contributed by atoms with E-state index < -0.39 is 18.2 Å². The Hall–Kier alpha value is -3.48. The number of ether oxygens (including phenoxy) is 1. The molecular weight excluding hydrogens is 779 g/mol. The minimum Gasteiger partial charge on any atom is -0.458 e. The van der Waals surface area contributed by atoms with Gasteiger partial charge in [-0.15, -0.1) is 0 Å². The van der Waals surface area contributed by atoms with Crippen LogP contribution in [0.2, 0.25) is 0 Å². The Labute approximate surface area is 388 Å². The van der Waals surface area contributed by atoms with E-state index in [4.69, 9.17) is 4.74 Å². The van der Waals surface area contributed by atoms with Crippen molar-refractivity contribution in [3.05, 3.63) is 109 Å². The summed E-state index contributed by atoms with van der Waals surface area (Å²) in [4.78, 5) is 26.1. The molecule has 0 aromatic rings. The van der Waals surface area contributed by atoms with Gasteiger partial charge >= 0.3 is 5.97 Å². The molecule has 0 saturated heterocycles. The summed E-state index contributed by atoms with van der Waals surface area (Å²) in [7, 11) is 0. The van der Waals surface area contributed by atoms with Gasteiger partial charge in [0.15, 0.2) is 0 Å². The van der Waals surface area contributed by atoms with E-state index in [1.165, 1.54) is 64.2 Å². The Kier molecular flexibility index (Phi) is 46.8. The largest absolute Gasteiger partial charge is 0.458 e. The predicted molar refractivity (Wildman–Crippen MR) is 273 cm³/mol. The van der Waals surface area contributed by atoms with Crippen molar-refractivity contribution in [2.24, 2.45) is 0 Å². The lowest BCUT2D eigenvalue weighted by atomic mass is 10.0.